The van der Waals surface area contributed by atoms with Crippen LogP contribution in [0, 0.1) is 0 Å². The molecule has 0 spiro atoms. The number of hydrogen-bond donors (Lipinski definition) is 0. The summed E-state index contributed by atoms with van der Waals surface area (Å²) < 4.78 is 64.0. The Kier molecular flexibility index (Phi) is 4.35. The van der Waals surface area contributed by atoms with Gasteiger partial charge in [0, 0.05) is 32.4 Å². The van der Waals surface area contributed by atoms with Gasteiger partial charge in [0.25, 0.3) is 0 Å². The zero-order valence-corrected chi connectivity index (χ0v) is 14.5. The van der Waals surface area contributed by atoms with E-state index in [9.17, 15) is 21.6 Å². The van der Waals surface area contributed by atoms with Crippen LogP contribution in [0.1, 0.15) is 18.4 Å². The molecule has 128 valence electrons. The summed E-state index contributed by atoms with van der Waals surface area (Å²) in [6.45, 7) is 1.47. The quantitative estimate of drug-likeness (QED) is 0.763. The van der Waals surface area contributed by atoms with Crippen molar-refractivity contribution in [2.45, 2.75) is 24.3 Å². The van der Waals surface area contributed by atoms with Gasteiger partial charge in [-0.25, -0.2) is 13.4 Å². The summed E-state index contributed by atoms with van der Waals surface area (Å²) in [6, 6.07) is 0.996. The van der Waals surface area contributed by atoms with Gasteiger partial charge in [-0.1, -0.05) is 0 Å². The molecular weight excluding hydrogens is 399 g/mol. The van der Waals surface area contributed by atoms with E-state index in [2.05, 4.69) is 20.9 Å². The lowest BCUT2D eigenvalue weighted by molar-refractivity contribution is -0.137. The van der Waals surface area contributed by atoms with E-state index in [-0.39, 0.29) is 9.72 Å². The van der Waals surface area contributed by atoms with Gasteiger partial charge in [0.05, 0.1) is 15.3 Å². The highest BCUT2D eigenvalue weighted by Crippen LogP contribution is 2.35. The molecule has 1 aliphatic heterocycles. The first kappa shape index (κ1) is 17.0. The number of sulfonamides is 1. The Hall–Kier alpha value is -0.870. The molecule has 0 bridgehead atoms. The summed E-state index contributed by atoms with van der Waals surface area (Å²) in [7, 11) is -3.20. The molecule has 0 aromatic carbocycles. The second-order valence-electron chi connectivity index (χ2n) is 5.66. The minimum atomic E-state index is -4.44. The van der Waals surface area contributed by atoms with E-state index in [1.165, 1.54) is 4.31 Å². The number of halogens is 4. The molecule has 0 N–H and O–H groups in total. The Balaban J connectivity index is 1.70. The highest BCUT2D eigenvalue weighted by Gasteiger charge is 2.41. The Morgan fingerprint density at radius 2 is 1.78 bits per heavy atom. The molecular formula is C13H15BrF3N3O2S. The number of nitrogens with zero attached hydrogens (tertiary/aromatic N) is 3. The summed E-state index contributed by atoms with van der Waals surface area (Å²) in [5.41, 5.74) is -0.817. The largest absolute Gasteiger partial charge is 0.417 e. The Morgan fingerprint density at radius 1 is 1.17 bits per heavy atom. The van der Waals surface area contributed by atoms with Gasteiger partial charge in [-0.2, -0.15) is 17.5 Å². The molecule has 0 radical (unpaired) electrons. The van der Waals surface area contributed by atoms with Crippen LogP contribution in [-0.4, -0.2) is 49.1 Å². The lowest BCUT2D eigenvalue weighted by Crippen LogP contribution is -2.50. The minimum absolute atomic E-state index is 0.245. The average molecular weight is 414 g/mol. The molecule has 1 aromatic rings. The van der Waals surface area contributed by atoms with Crippen molar-refractivity contribution in [3.05, 3.63) is 22.3 Å². The predicted molar refractivity (Wildman–Crippen MR) is 82.7 cm³/mol. The van der Waals surface area contributed by atoms with Crippen molar-refractivity contribution in [2.75, 3.05) is 31.1 Å². The molecule has 23 heavy (non-hydrogen) atoms. The summed E-state index contributed by atoms with van der Waals surface area (Å²) in [5.74, 6) is 0.404. The van der Waals surface area contributed by atoms with E-state index in [1.807, 2.05) is 0 Å². The highest BCUT2D eigenvalue weighted by molar-refractivity contribution is 9.10. The second kappa shape index (κ2) is 5.89. The molecule has 0 unspecified atom stereocenters. The van der Waals surface area contributed by atoms with Crippen LogP contribution in [-0.2, 0) is 16.2 Å². The molecule has 1 aromatic heterocycles. The highest BCUT2D eigenvalue weighted by atomic mass is 79.9. The van der Waals surface area contributed by atoms with Crippen molar-refractivity contribution in [1.29, 1.82) is 0 Å². The first-order chi connectivity index (χ1) is 10.7. The third-order valence-electron chi connectivity index (χ3n) is 3.99. The lowest BCUT2D eigenvalue weighted by Gasteiger charge is -2.35. The molecule has 0 atom stereocenters. The fourth-order valence-corrected chi connectivity index (χ4v) is 4.97. The van der Waals surface area contributed by atoms with Crippen molar-refractivity contribution < 1.29 is 21.6 Å². The van der Waals surface area contributed by atoms with Gasteiger partial charge in [0.15, 0.2) is 0 Å². The Bertz CT molecular complexity index is 699. The topological polar surface area (TPSA) is 53.5 Å². The number of hydrogen-bond acceptors (Lipinski definition) is 4. The second-order valence-corrected chi connectivity index (χ2v) is 8.72. The van der Waals surface area contributed by atoms with Crippen LogP contribution >= 0.6 is 15.9 Å². The monoisotopic (exact) mass is 413 g/mol. The van der Waals surface area contributed by atoms with Crippen molar-refractivity contribution in [1.82, 2.24) is 9.29 Å². The fourth-order valence-electron chi connectivity index (χ4n) is 2.55. The van der Waals surface area contributed by atoms with E-state index in [1.54, 1.807) is 4.90 Å². The first-order valence-electron chi connectivity index (χ1n) is 7.16. The van der Waals surface area contributed by atoms with E-state index in [0.717, 1.165) is 12.3 Å². The zero-order valence-electron chi connectivity index (χ0n) is 12.1. The van der Waals surface area contributed by atoms with Gasteiger partial charge in [-0.15, -0.1) is 0 Å². The van der Waals surface area contributed by atoms with Gasteiger partial charge in [-0.05, 0) is 34.8 Å². The van der Waals surface area contributed by atoms with Crippen LogP contribution in [0.2, 0.25) is 0 Å². The molecule has 2 fully saturated rings. The van der Waals surface area contributed by atoms with Gasteiger partial charge in [-0.3, -0.25) is 0 Å². The number of piperazine rings is 1. The maximum absolute atomic E-state index is 12.7. The third-order valence-corrected chi connectivity index (χ3v) is 6.98. The number of anilines is 1. The van der Waals surface area contributed by atoms with E-state index in [4.69, 9.17) is 0 Å². The molecule has 3 rings (SSSR count). The van der Waals surface area contributed by atoms with Crippen LogP contribution in [0.5, 0.6) is 0 Å². The van der Waals surface area contributed by atoms with Crippen molar-refractivity contribution in [3.8, 4) is 0 Å². The van der Waals surface area contributed by atoms with E-state index in [0.29, 0.717) is 44.8 Å². The molecule has 1 saturated heterocycles. The Morgan fingerprint density at radius 3 is 2.26 bits per heavy atom. The maximum Gasteiger partial charge on any atom is 0.417 e. The standard InChI is InChI=1S/C13H15BrF3N3O2S/c14-11-7-9(13(15,16)17)8-18-12(11)19-3-5-20(6-4-19)23(21,22)10-1-2-10/h7-8,10H,1-6H2. The van der Waals surface area contributed by atoms with Crippen molar-refractivity contribution in [2.24, 2.45) is 0 Å². The van der Waals surface area contributed by atoms with Gasteiger partial charge >= 0.3 is 6.18 Å². The number of rotatable bonds is 3. The average Bonchev–Trinajstić information content (AvgIpc) is 3.31. The van der Waals surface area contributed by atoms with Crippen molar-refractivity contribution in [3.63, 3.8) is 0 Å². The van der Waals surface area contributed by atoms with Crippen molar-refractivity contribution >= 4 is 31.8 Å². The number of alkyl halides is 3. The number of aromatic nitrogens is 1. The summed E-state index contributed by atoms with van der Waals surface area (Å²) in [4.78, 5) is 5.69. The molecule has 0 amide bonds. The fraction of sp³-hybridized carbons (Fsp3) is 0.615. The third kappa shape index (κ3) is 3.48. The van der Waals surface area contributed by atoms with Crippen LogP contribution in [0.15, 0.2) is 16.7 Å². The minimum Gasteiger partial charge on any atom is -0.353 e. The Labute approximate surface area is 140 Å². The van der Waals surface area contributed by atoms with Crippen LogP contribution < -0.4 is 4.90 Å². The summed E-state index contributed by atoms with van der Waals surface area (Å²) in [6.07, 6.45) is -2.21. The summed E-state index contributed by atoms with van der Waals surface area (Å²) >= 11 is 3.13. The normalized spacial score (nSPS) is 20.8. The van der Waals surface area contributed by atoms with Crippen LogP contribution in [0.3, 0.4) is 0 Å². The predicted octanol–water partition coefficient (Wildman–Crippen LogP) is 2.48. The molecule has 1 aliphatic carbocycles. The molecule has 2 aliphatic rings. The summed E-state index contributed by atoms with van der Waals surface area (Å²) in [5, 5.41) is -0.245. The maximum atomic E-state index is 12.7. The molecule has 1 saturated carbocycles. The SMILES string of the molecule is O=S(=O)(C1CC1)N1CCN(c2ncc(C(F)(F)F)cc2Br)CC1. The van der Waals surface area contributed by atoms with Gasteiger partial charge < -0.3 is 4.90 Å². The van der Waals surface area contributed by atoms with Gasteiger partial charge in [0.2, 0.25) is 10.0 Å². The number of pyridine rings is 1. The zero-order chi connectivity index (χ0) is 16.8. The van der Waals surface area contributed by atoms with E-state index < -0.39 is 21.8 Å². The molecule has 10 heteroatoms. The molecule has 2 heterocycles. The van der Waals surface area contributed by atoms with E-state index >= 15 is 0 Å². The molecule has 5 nitrogen and oxygen atoms in total. The first-order valence-corrected chi connectivity index (χ1v) is 9.46. The van der Waals surface area contributed by atoms with Gasteiger partial charge in [0.1, 0.15) is 5.82 Å². The van der Waals surface area contributed by atoms with Crippen LogP contribution in [0.4, 0.5) is 19.0 Å². The smallest absolute Gasteiger partial charge is 0.353 e. The van der Waals surface area contributed by atoms with Crippen LogP contribution in [0.25, 0.3) is 0 Å². The lowest BCUT2D eigenvalue weighted by atomic mass is 10.2.